The topological polar surface area (TPSA) is 12.0 Å². The van der Waals surface area contributed by atoms with Crippen molar-refractivity contribution in [2.24, 2.45) is 5.92 Å². The summed E-state index contributed by atoms with van der Waals surface area (Å²) in [6, 6.07) is 5.82. The number of nitrogens with one attached hydrogen (secondary N) is 1. The van der Waals surface area contributed by atoms with Gasteiger partial charge in [0.15, 0.2) is 0 Å². The van der Waals surface area contributed by atoms with E-state index < -0.39 is 0 Å². The van der Waals surface area contributed by atoms with Crippen LogP contribution in [0.3, 0.4) is 0 Å². The molecule has 0 saturated heterocycles. The standard InChI is InChI=1S/C16H26FN/c1-5-7-12(3)16(18-10-6-2)14-8-9-15(17)13(4)11-14/h8-9,11-12,16,18H,5-7,10H2,1-4H3. The van der Waals surface area contributed by atoms with Crippen LogP contribution in [-0.4, -0.2) is 6.54 Å². The molecule has 0 aliphatic carbocycles. The minimum Gasteiger partial charge on any atom is -0.310 e. The summed E-state index contributed by atoms with van der Waals surface area (Å²) in [5.74, 6) is 0.461. The molecule has 1 N–H and O–H groups in total. The van der Waals surface area contributed by atoms with Crippen LogP contribution in [0.15, 0.2) is 18.2 Å². The van der Waals surface area contributed by atoms with Gasteiger partial charge >= 0.3 is 0 Å². The number of benzene rings is 1. The third kappa shape index (κ3) is 4.09. The molecule has 0 spiro atoms. The van der Waals surface area contributed by atoms with Gasteiger partial charge in [-0.2, -0.15) is 0 Å². The zero-order valence-corrected chi connectivity index (χ0v) is 12.1. The van der Waals surface area contributed by atoms with E-state index >= 15 is 0 Å². The fourth-order valence-electron chi connectivity index (χ4n) is 2.43. The van der Waals surface area contributed by atoms with E-state index in [0.717, 1.165) is 18.5 Å². The van der Waals surface area contributed by atoms with Gasteiger partial charge in [0.2, 0.25) is 0 Å². The fourth-order valence-corrected chi connectivity index (χ4v) is 2.43. The van der Waals surface area contributed by atoms with E-state index in [-0.39, 0.29) is 5.82 Å². The predicted octanol–water partition coefficient (Wildman–Crippen LogP) is 4.61. The molecule has 1 aromatic carbocycles. The van der Waals surface area contributed by atoms with E-state index in [9.17, 15) is 4.39 Å². The van der Waals surface area contributed by atoms with E-state index in [1.54, 1.807) is 6.07 Å². The molecule has 2 unspecified atom stereocenters. The molecule has 2 heteroatoms. The Morgan fingerprint density at radius 3 is 2.50 bits per heavy atom. The van der Waals surface area contributed by atoms with Gasteiger partial charge in [-0.3, -0.25) is 0 Å². The Balaban J connectivity index is 2.89. The maximum Gasteiger partial charge on any atom is 0.126 e. The molecule has 102 valence electrons. The van der Waals surface area contributed by atoms with Crippen LogP contribution in [0, 0.1) is 18.7 Å². The first-order valence-corrected chi connectivity index (χ1v) is 7.09. The average molecular weight is 251 g/mol. The number of hydrogen-bond acceptors (Lipinski definition) is 1. The fraction of sp³-hybridized carbons (Fsp3) is 0.625. The third-order valence-electron chi connectivity index (χ3n) is 3.47. The Hall–Kier alpha value is -0.890. The Morgan fingerprint density at radius 2 is 1.94 bits per heavy atom. The largest absolute Gasteiger partial charge is 0.310 e. The molecule has 0 amide bonds. The Bertz CT molecular complexity index is 362. The van der Waals surface area contributed by atoms with Gasteiger partial charge in [0.25, 0.3) is 0 Å². The SMILES string of the molecule is CCCNC(c1ccc(F)c(C)c1)C(C)CCC. The molecule has 0 heterocycles. The van der Waals surface area contributed by atoms with Crippen LogP contribution >= 0.6 is 0 Å². The summed E-state index contributed by atoms with van der Waals surface area (Å²) in [5.41, 5.74) is 1.95. The molecule has 2 atom stereocenters. The Labute approximate surface area is 111 Å². The van der Waals surface area contributed by atoms with Crippen molar-refractivity contribution in [3.63, 3.8) is 0 Å². The predicted molar refractivity (Wildman–Crippen MR) is 76.2 cm³/mol. The van der Waals surface area contributed by atoms with Crippen LogP contribution in [0.1, 0.15) is 57.2 Å². The normalized spacial score (nSPS) is 14.5. The van der Waals surface area contributed by atoms with E-state index in [4.69, 9.17) is 0 Å². The highest BCUT2D eigenvalue weighted by molar-refractivity contribution is 5.27. The van der Waals surface area contributed by atoms with E-state index in [1.807, 2.05) is 19.1 Å². The summed E-state index contributed by atoms with van der Waals surface area (Å²) in [5, 5.41) is 3.59. The highest BCUT2D eigenvalue weighted by Crippen LogP contribution is 2.26. The maximum absolute atomic E-state index is 13.3. The van der Waals surface area contributed by atoms with Gasteiger partial charge in [-0.25, -0.2) is 4.39 Å². The molecule has 0 aliphatic rings. The summed E-state index contributed by atoms with van der Waals surface area (Å²) in [6.07, 6.45) is 3.50. The van der Waals surface area contributed by atoms with Crippen molar-refractivity contribution in [2.45, 2.75) is 53.0 Å². The summed E-state index contributed by atoms with van der Waals surface area (Å²) < 4.78 is 13.3. The number of aryl methyl sites for hydroxylation is 1. The lowest BCUT2D eigenvalue weighted by molar-refractivity contribution is 0.363. The zero-order chi connectivity index (χ0) is 13.5. The van der Waals surface area contributed by atoms with Crippen molar-refractivity contribution in [3.8, 4) is 0 Å². The third-order valence-corrected chi connectivity index (χ3v) is 3.47. The summed E-state index contributed by atoms with van der Waals surface area (Å²) in [7, 11) is 0. The molecule has 0 bridgehead atoms. The second kappa shape index (κ2) is 7.52. The molecule has 0 aromatic heterocycles. The minimum atomic E-state index is -0.115. The van der Waals surface area contributed by atoms with Gasteiger partial charge in [0.05, 0.1) is 0 Å². The lowest BCUT2D eigenvalue weighted by Gasteiger charge is -2.26. The van der Waals surface area contributed by atoms with E-state index in [2.05, 4.69) is 26.1 Å². The number of halogens is 1. The highest BCUT2D eigenvalue weighted by Gasteiger charge is 2.18. The monoisotopic (exact) mass is 251 g/mol. The molecule has 0 saturated carbocycles. The van der Waals surface area contributed by atoms with Crippen LogP contribution in [0.25, 0.3) is 0 Å². The van der Waals surface area contributed by atoms with Crippen LogP contribution in [0.5, 0.6) is 0 Å². The second-order valence-corrected chi connectivity index (χ2v) is 5.21. The molecule has 1 nitrogen and oxygen atoms in total. The van der Waals surface area contributed by atoms with Gasteiger partial charge in [0, 0.05) is 6.04 Å². The molecule has 0 radical (unpaired) electrons. The summed E-state index contributed by atoms with van der Waals surface area (Å²) >= 11 is 0. The summed E-state index contributed by atoms with van der Waals surface area (Å²) in [4.78, 5) is 0. The summed E-state index contributed by atoms with van der Waals surface area (Å²) in [6.45, 7) is 9.50. The first-order valence-electron chi connectivity index (χ1n) is 7.09. The van der Waals surface area contributed by atoms with Crippen molar-refractivity contribution in [1.82, 2.24) is 5.32 Å². The zero-order valence-electron chi connectivity index (χ0n) is 12.1. The lowest BCUT2D eigenvalue weighted by atomic mass is 9.90. The molecule has 1 rings (SSSR count). The van der Waals surface area contributed by atoms with Gasteiger partial charge in [-0.1, -0.05) is 39.3 Å². The van der Waals surface area contributed by atoms with E-state index in [1.165, 1.54) is 18.4 Å². The smallest absolute Gasteiger partial charge is 0.126 e. The van der Waals surface area contributed by atoms with Crippen molar-refractivity contribution in [2.75, 3.05) is 6.54 Å². The highest BCUT2D eigenvalue weighted by atomic mass is 19.1. The molecule has 1 aromatic rings. The van der Waals surface area contributed by atoms with Crippen LogP contribution in [0.4, 0.5) is 4.39 Å². The van der Waals surface area contributed by atoms with E-state index in [0.29, 0.717) is 12.0 Å². The van der Waals surface area contributed by atoms with Crippen molar-refractivity contribution >= 4 is 0 Å². The Morgan fingerprint density at radius 1 is 1.22 bits per heavy atom. The molecule has 0 fully saturated rings. The van der Waals surface area contributed by atoms with Crippen molar-refractivity contribution < 1.29 is 4.39 Å². The van der Waals surface area contributed by atoms with Gasteiger partial charge in [-0.05, 0) is 49.4 Å². The van der Waals surface area contributed by atoms with Crippen LogP contribution in [0.2, 0.25) is 0 Å². The van der Waals surface area contributed by atoms with Gasteiger partial charge < -0.3 is 5.32 Å². The maximum atomic E-state index is 13.3. The second-order valence-electron chi connectivity index (χ2n) is 5.21. The molecular weight excluding hydrogens is 225 g/mol. The quantitative estimate of drug-likeness (QED) is 0.746. The number of rotatable bonds is 7. The van der Waals surface area contributed by atoms with Gasteiger partial charge in [0.1, 0.15) is 5.82 Å². The molecule has 0 aliphatic heterocycles. The average Bonchev–Trinajstić information content (AvgIpc) is 2.34. The molecular formula is C16H26FN. The van der Waals surface area contributed by atoms with Crippen LogP contribution < -0.4 is 5.32 Å². The lowest BCUT2D eigenvalue weighted by Crippen LogP contribution is -2.27. The molecule has 18 heavy (non-hydrogen) atoms. The van der Waals surface area contributed by atoms with Gasteiger partial charge in [-0.15, -0.1) is 0 Å². The first kappa shape index (κ1) is 15.2. The minimum absolute atomic E-state index is 0.115. The number of hydrogen-bond donors (Lipinski definition) is 1. The van der Waals surface area contributed by atoms with Crippen LogP contribution in [-0.2, 0) is 0 Å². The first-order chi connectivity index (χ1) is 8.60. The van der Waals surface area contributed by atoms with Crippen molar-refractivity contribution in [3.05, 3.63) is 35.1 Å². The van der Waals surface area contributed by atoms with Crippen molar-refractivity contribution in [1.29, 1.82) is 0 Å². The Kier molecular flexibility index (Phi) is 6.34.